The second-order valence-electron chi connectivity index (χ2n) is 22.9. The van der Waals surface area contributed by atoms with Crippen molar-refractivity contribution in [2.45, 2.75) is 173 Å². The van der Waals surface area contributed by atoms with Crippen LogP contribution in [0, 0.1) is 20.8 Å². The van der Waals surface area contributed by atoms with Crippen LogP contribution in [0.3, 0.4) is 0 Å². The highest BCUT2D eigenvalue weighted by Gasteiger charge is 2.52. The Bertz CT molecular complexity index is 1410. The van der Waals surface area contributed by atoms with E-state index in [1.165, 1.54) is 17.7 Å². The molecule has 270 valence electrons. The predicted molar refractivity (Wildman–Crippen MR) is 244 cm³/mol. The molecule has 1 unspecified atom stereocenters. The third-order valence-electron chi connectivity index (χ3n) is 11.4. The van der Waals surface area contributed by atoms with E-state index in [9.17, 15) is 0 Å². The standard InChI is InChI=1S/C41H78Si7/c1-30-23-24-48(29-30,37-32(3)25-31(2)26-33(37)4)38-35(40(44(11,12)13)45(14,15)16)27-34(39(42(5,6)7)43(8,9)10)28-36(38)41(46(17,18)19)47(20,21)22/h23,25-28,39-41H,24,29H2,1-22H3. The average molecular weight is 768 g/mol. The summed E-state index contributed by atoms with van der Waals surface area (Å²) >= 11 is 0. The van der Waals surface area contributed by atoms with Crippen LogP contribution in [0.1, 0.15) is 55.8 Å². The van der Waals surface area contributed by atoms with Gasteiger partial charge in [0.05, 0.1) is 0 Å². The Morgan fingerprint density at radius 1 is 0.458 bits per heavy atom. The number of aryl methyl sites for hydroxylation is 3. The molecular weight excluding hydrogens is 689 g/mol. The molecule has 48 heavy (non-hydrogen) atoms. The maximum Gasteiger partial charge on any atom is 0.127 e. The van der Waals surface area contributed by atoms with E-state index in [1.807, 2.05) is 16.3 Å². The molecule has 1 aliphatic rings. The Balaban J connectivity index is 2.88. The summed E-state index contributed by atoms with van der Waals surface area (Å²) in [6.07, 6.45) is 2.70. The van der Waals surface area contributed by atoms with Crippen LogP contribution in [0.5, 0.6) is 0 Å². The van der Waals surface area contributed by atoms with Crippen molar-refractivity contribution < 1.29 is 0 Å². The molecule has 1 atom stereocenters. The summed E-state index contributed by atoms with van der Waals surface area (Å²) in [4.78, 5) is 0. The molecule has 7 heteroatoms. The number of rotatable bonds is 11. The molecule has 0 spiro atoms. The van der Waals surface area contributed by atoms with Crippen molar-refractivity contribution in [3.8, 4) is 0 Å². The molecule has 0 saturated carbocycles. The largest absolute Gasteiger partial charge is 0.127 e. The average Bonchev–Trinajstić information content (AvgIpc) is 3.13. The minimum atomic E-state index is -2.22. The first kappa shape index (κ1) is 42.1. The van der Waals surface area contributed by atoms with E-state index in [0.29, 0.717) is 0 Å². The van der Waals surface area contributed by atoms with E-state index in [2.05, 4.69) is 176 Å². The molecule has 0 aromatic heterocycles. The van der Waals surface area contributed by atoms with Gasteiger partial charge in [0.25, 0.3) is 0 Å². The van der Waals surface area contributed by atoms with Crippen molar-refractivity contribution in [2.75, 3.05) is 0 Å². The molecule has 0 bridgehead atoms. The SMILES string of the molecule is CC1=CC[Si](c2c(C)cc(C)cc2C)(c2c(C([Si](C)(C)C)[Si](C)(C)C)cc(C([Si](C)(C)C)[Si](C)(C)C)cc2C([Si](C)(C)C)[Si](C)(C)C)C1. The van der Waals surface area contributed by atoms with Gasteiger partial charge >= 0.3 is 0 Å². The highest BCUT2D eigenvalue weighted by atomic mass is 28.4. The normalized spacial score (nSPS) is 18.8. The van der Waals surface area contributed by atoms with E-state index >= 15 is 0 Å². The highest BCUT2D eigenvalue weighted by molar-refractivity contribution is 7.06. The molecule has 1 aliphatic heterocycles. The van der Waals surface area contributed by atoms with Crippen LogP contribution < -0.4 is 10.4 Å². The molecule has 0 amide bonds. The van der Waals surface area contributed by atoms with Gasteiger partial charge in [-0.25, -0.2) is 0 Å². The molecule has 0 saturated heterocycles. The summed E-state index contributed by atoms with van der Waals surface area (Å²) in [6.45, 7) is 58.6. The first-order valence-electron chi connectivity index (χ1n) is 19.2. The van der Waals surface area contributed by atoms with Crippen LogP contribution in [0.2, 0.25) is 130 Å². The third kappa shape index (κ3) is 8.66. The third-order valence-corrected chi connectivity index (χ3v) is 44.6. The second-order valence-corrected chi connectivity index (χ2v) is 60.4. The van der Waals surface area contributed by atoms with Crippen LogP contribution in [0.25, 0.3) is 0 Å². The first-order chi connectivity index (χ1) is 21.2. The van der Waals surface area contributed by atoms with Gasteiger partial charge in [-0.05, 0) is 82.3 Å². The quantitative estimate of drug-likeness (QED) is 0.158. The van der Waals surface area contributed by atoms with Crippen molar-refractivity contribution in [3.05, 3.63) is 69.3 Å². The number of hydrogen-bond donors (Lipinski definition) is 0. The molecule has 2 aromatic rings. The Labute approximate surface area is 307 Å². The van der Waals surface area contributed by atoms with Gasteiger partial charge in [-0.15, -0.1) is 0 Å². The molecule has 0 fully saturated rings. The molecule has 0 radical (unpaired) electrons. The van der Waals surface area contributed by atoms with Crippen molar-refractivity contribution in [1.29, 1.82) is 0 Å². The smallest absolute Gasteiger partial charge is 0.0879 e. The fourth-order valence-corrected chi connectivity index (χ4v) is 56.9. The van der Waals surface area contributed by atoms with Crippen molar-refractivity contribution in [3.63, 3.8) is 0 Å². The number of hydrogen-bond acceptors (Lipinski definition) is 0. The van der Waals surface area contributed by atoms with Gasteiger partial charge < -0.3 is 0 Å². The topological polar surface area (TPSA) is 0 Å². The molecule has 3 rings (SSSR count). The van der Waals surface area contributed by atoms with Gasteiger partial charge in [-0.2, -0.15) is 0 Å². The van der Waals surface area contributed by atoms with Gasteiger partial charge in [0.15, 0.2) is 0 Å². The second kappa shape index (κ2) is 13.6. The van der Waals surface area contributed by atoms with Crippen LogP contribution >= 0.6 is 0 Å². The fraction of sp³-hybridized carbons (Fsp3) is 0.659. The maximum absolute atomic E-state index is 2.97. The van der Waals surface area contributed by atoms with Gasteiger partial charge in [0.1, 0.15) is 8.07 Å². The van der Waals surface area contributed by atoms with E-state index in [1.54, 1.807) is 27.5 Å². The Hall–Kier alpha value is -0.302. The molecule has 0 N–H and O–H groups in total. The van der Waals surface area contributed by atoms with Gasteiger partial charge in [0, 0.05) is 48.4 Å². The van der Waals surface area contributed by atoms with Crippen LogP contribution in [0.4, 0.5) is 0 Å². The summed E-state index contributed by atoms with van der Waals surface area (Å²) in [7, 11) is -11.7. The minimum absolute atomic E-state index is 0.739. The zero-order valence-electron chi connectivity index (χ0n) is 36.0. The molecular formula is C41H78Si7. The van der Waals surface area contributed by atoms with Crippen molar-refractivity contribution >= 4 is 66.9 Å². The number of benzene rings is 2. The summed E-state index contributed by atoms with van der Waals surface area (Å²) in [6, 6.07) is 13.6. The predicted octanol–water partition coefficient (Wildman–Crippen LogP) is 12.6. The van der Waals surface area contributed by atoms with E-state index in [4.69, 9.17) is 0 Å². The lowest BCUT2D eigenvalue weighted by molar-refractivity contribution is 1.09. The fourth-order valence-electron chi connectivity index (χ4n) is 12.1. The lowest BCUT2D eigenvalue weighted by Gasteiger charge is -2.49. The lowest BCUT2D eigenvalue weighted by atomic mass is 10.1. The first-order valence-corrected chi connectivity index (χ1v) is 43.0. The van der Waals surface area contributed by atoms with E-state index in [0.717, 1.165) is 15.5 Å². The zero-order valence-corrected chi connectivity index (χ0v) is 43.0. The zero-order chi connectivity index (χ0) is 37.4. The van der Waals surface area contributed by atoms with Crippen molar-refractivity contribution in [2.24, 2.45) is 0 Å². The maximum atomic E-state index is 2.97. The lowest BCUT2D eigenvalue weighted by Crippen LogP contribution is -2.64. The van der Waals surface area contributed by atoms with Crippen LogP contribution in [-0.4, -0.2) is 56.5 Å². The van der Waals surface area contributed by atoms with E-state index < -0.39 is 56.5 Å². The minimum Gasteiger partial charge on any atom is -0.0879 e. The van der Waals surface area contributed by atoms with Gasteiger partial charge in [-0.1, -0.05) is 170 Å². The van der Waals surface area contributed by atoms with Crippen LogP contribution in [0.15, 0.2) is 35.9 Å². The summed E-state index contributed by atoms with van der Waals surface area (Å²) in [5.41, 5.74) is 11.8. The Kier molecular flexibility index (Phi) is 11.9. The van der Waals surface area contributed by atoms with Gasteiger partial charge in [0.2, 0.25) is 0 Å². The summed E-state index contributed by atoms with van der Waals surface area (Å²) in [5, 5.41) is 5.99. The monoisotopic (exact) mass is 766 g/mol. The molecule has 0 nitrogen and oxygen atoms in total. The highest BCUT2D eigenvalue weighted by Crippen LogP contribution is 2.47. The van der Waals surface area contributed by atoms with Gasteiger partial charge in [-0.3, -0.25) is 0 Å². The molecule has 0 aliphatic carbocycles. The van der Waals surface area contributed by atoms with Crippen molar-refractivity contribution in [1.82, 2.24) is 0 Å². The Morgan fingerprint density at radius 3 is 1.06 bits per heavy atom. The molecule has 2 aromatic carbocycles. The summed E-state index contributed by atoms with van der Waals surface area (Å²) in [5.74, 6) is 0. The van der Waals surface area contributed by atoms with E-state index in [-0.39, 0.29) is 0 Å². The molecule has 1 heterocycles. The Morgan fingerprint density at radius 2 is 0.792 bits per heavy atom. The van der Waals surface area contributed by atoms with Crippen LogP contribution in [-0.2, 0) is 0 Å². The summed E-state index contributed by atoms with van der Waals surface area (Å²) < 4.78 is 0. The number of allylic oxidation sites excluding steroid dienone is 2.